The van der Waals surface area contributed by atoms with E-state index in [1.165, 1.54) is 6.07 Å². The van der Waals surface area contributed by atoms with Gasteiger partial charge in [-0.3, -0.25) is 4.79 Å². The van der Waals surface area contributed by atoms with E-state index in [0.29, 0.717) is 38.4 Å². The van der Waals surface area contributed by atoms with Gasteiger partial charge in [0.25, 0.3) is 5.91 Å². The van der Waals surface area contributed by atoms with Gasteiger partial charge >= 0.3 is 0 Å². The van der Waals surface area contributed by atoms with Crippen LogP contribution in [0.15, 0.2) is 41.4 Å². The number of benzene rings is 2. The molecule has 1 fully saturated rings. The first-order valence-electron chi connectivity index (χ1n) is 9.56. The minimum atomic E-state index is -0.463. The fourth-order valence-electron chi connectivity index (χ4n) is 3.59. The number of H-pyrrole nitrogens is 1. The van der Waals surface area contributed by atoms with Gasteiger partial charge in [-0.05, 0) is 61.7 Å². The van der Waals surface area contributed by atoms with E-state index in [1.807, 2.05) is 0 Å². The first kappa shape index (κ1) is 21.3. The number of amides is 1. The minimum absolute atomic E-state index is 0.258. The molecule has 3 N–H and O–H groups in total. The van der Waals surface area contributed by atoms with Gasteiger partial charge in [0, 0.05) is 36.8 Å². The lowest BCUT2D eigenvalue weighted by molar-refractivity contribution is 0.0932. The molecule has 2 heterocycles. The standard InChI is InChI=1S/C21H21Cl2FN4OS/c1-28-10-12(11-28)6-7-25-21(29)13-2-5-18(16(24)8-13)30-27-17-4-3-14(22)19-15(23)9-26-20(17)19/h2-5,8-9,12,26-27H,6-7,10-11H2,1H3,(H,25,29). The summed E-state index contributed by atoms with van der Waals surface area (Å²) in [5.41, 5.74) is 1.79. The van der Waals surface area contributed by atoms with Crippen LogP contribution < -0.4 is 10.0 Å². The monoisotopic (exact) mass is 466 g/mol. The van der Waals surface area contributed by atoms with Gasteiger partial charge in [-0.25, -0.2) is 4.39 Å². The Morgan fingerprint density at radius 2 is 2.07 bits per heavy atom. The van der Waals surface area contributed by atoms with Crippen molar-refractivity contribution in [1.29, 1.82) is 0 Å². The molecule has 1 saturated heterocycles. The number of aromatic nitrogens is 1. The van der Waals surface area contributed by atoms with E-state index in [1.54, 1.807) is 30.5 Å². The highest BCUT2D eigenvalue weighted by Crippen LogP contribution is 2.36. The predicted molar refractivity (Wildman–Crippen MR) is 122 cm³/mol. The molecule has 1 amide bonds. The van der Waals surface area contributed by atoms with Crippen molar-refractivity contribution >= 4 is 57.6 Å². The smallest absolute Gasteiger partial charge is 0.251 e. The molecule has 0 unspecified atom stereocenters. The second-order valence-electron chi connectivity index (χ2n) is 7.46. The lowest BCUT2D eigenvalue weighted by atomic mass is 9.97. The molecule has 0 bridgehead atoms. The van der Waals surface area contributed by atoms with Crippen LogP contribution in [-0.4, -0.2) is 42.5 Å². The highest BCUT2D eigenvalue weighted by Gasteiger charge is 2.22. The normalized spacial score (nSPS) is 14.7. The number of likely N-dealkylation sites (tertiary alicyclic amines) is 1. The molecule has 0 aliphatic carbocycles. The van der Waals surface area contributed by atoms with Crippen LogP contribution in [0.2, 0.25) is 10.0 Å². The molecular formula is C21H21Cl2FN4OS. The fraction of sp³-hybridized carbons (Fsp3) is 0.286. The van der Waals surface area contributed by atoms with Crippen molar-refractivity contribution in [1.82, 2.24) is 15.2 Å². The quantitative estimate of drug-likeness (QED) is 0.407. The first-order chi connectivity index (χ1) is 14.4. The van der Waals surface area contributed by atoms with Crippen molar-refractivity contribution in [2.45, 2.75) is 11.3 Å². The Bertz CT molecular complexity index is 1080. The number of carbonyl (C=O) groups is 1. The number of rotatable bonds is 7. The molecule has 2 aromatic carbocycles. The van der Waals surface area contributed by atoms with E-state index < -0.39 is 5.82 Å². The molecule has 5 nitrogen and oxygen atoms in total. The fourth-order valence-corrected chi connectivity index (χ4v) is 4.83. The molecule has 0 spiro atoms. The Morgan fingerprint density at radius 1 is 1.27 bits per heavy atom. The van der Waals surface area contributed by atoms with E-state index in [9.17, 15) is 9.18 Å². The number of anilines is 1. The van der Waals surface area contributed by atoms with Gasteiger partial charge in [-0.1, -0.05) is 23.2 Å². The number of hydrogen-bond donors (Lipinski definition) is 3. The van der Waals surface area contributed by atoms with E-state index >= 15 is 0 Å². The molecule has 158 valence electrons. The Balaban J connectivity index is 1.37. The van der Waals surface area contributed by atoms with Crippen LogP contribution in [-0.2, 0) is 0 Å². The number of nitrogens with one attached hydrogen (secondary N) is 3. The van der Waals surface area contributed by atoms with Gasteiger partial charge in [0.2, 0.25) is 0 Å². The summed E-state index contributed by atoms with van der Waals surface area (Å²) in [6, 6.07) is 8.02. The molecule has 0 radical (unpaired) electrons. The van der Waals surface area contributed by atoms with Gasteiger partial charge in [0.15, 0.2) is 0 Å². The van der Waals surface area contributed by atoms with E-state index in [2.05, 4.69) is 27.0 Å². The van der Waals surface area contributed by atoms with Gasteiger partial charge in [-0.2, -0.15) is 0 Å². The van der Waals surface area contributed by atoms with Crippen molar-refractivity contribution in [2.75, 3.05) is 31.4 Å². The Labute approximate surface area is 188 Å². The van der Waals surface area contributed by atoms with Crippen molar-refractivity contribution in [3.63, 3.8) is 0 Å². The van der Waals surface area contributed by atoms with Crippen molar-refractivity contribution in [2.24, 2.45) is 5.92 Å². The topological polar surface area (TPSA) is 60.2 Å². The maximum atomic E-state index is 14.6. The molecule has 1 aliphatic rings. The van der Waals surface area contributed by atoms with Crippen LogP contribution in [0.3, 0.4) is 0 Å². The Morgan fingerprint density at radius 3 is 2.80 bits per heavy atom. The third kappa shape index (κ3) is 4.54. The number of aromatic amines is 1. The number of halogens is 3. The number of hydrogen-bond acceptors (Lipinski definition) is 4. The average molecular weight is 467 g/mol. The summed E-state index contributed by atoms with van der Waals surface area (Å²) < 4.78 is 17.7. The summed E-state index contributed by atoms with van der Waals surface area (Å²) >= 11 is 13.5. The van der Waals surface area contributed by atoms with E-state index in [0.717, 1.165) is 42.7 Å². The van der Waals surface area contributed by atoms with Crippen molar-refractivity contribution < 1.29 is 9.18 Å². The van der Waals surface area contributed by atoms with Gasteiger partial charge < -0.3 is 19.9 Å². The van der Waals surface area contributed by atoms with Crippen LogP contribution in [0.25, 0.3) is 10.9 Å². The third-order valence-corrected chi connectivity index (χ3v) is 6.67. The Kier molecular flexibility index (Phi) is 6.43. The zero-order valence-electron chi connectivity index (χ0n) is 16.3. The second-order valence-corrected chi connectivity index (χ2v) is 9.13. The maximum Gasteiger partial charge on any atom is 0.251 e. The lowest BCUT2D eigenvalue weighted by Crippen LogP contribution is -2.45. The first-order valence-corrected chi connectivity index (χ1v) is 11.1. The van der Waals surface area contributed by atoms with E-state index in [-0.39, 0.29) is 5.91 Å². The third-order valence-electron chi connectivity index (χ3n) is 5.18. The maximum absolute atomic E-state index is 14.6. The van der Waals surface area contributed by atoms with E-state index in [4.69, 9.17) is 23.2 Å². The van der Waals surface area contributed by atoms with Gasteiger partial charge in [-0.15, -0.1) is 0 Å². The molecule has 1 aromatic heterocycles. The largest absolute Gasteiger partial charge is 0.358 e. The van der Waals surface area contributed by atoms with Crippen LogP contribution >= 0.6 is 35.1 Å². The number of carbonyl (C=O) groups excluding carboxylic acids is 1. The van der Waals surface area contributed by atoms with Crippen LogP contribution in [0, 0.1) is 11.7 Å². The SMILES string of the molecule is CN1CC(CCNC(=O)c2ccc(SNc3ccc(Cl)c4c(Cl)c[nH]c34)c(F)c2)C1. The predicted octanol–water partition coefficient (Wildman–Crippen LogP) is 5.41. The number of fused-ring (bicyclic) bond motifs is 1. The summed E-state index contributed by atoms with van der Waals surface area (Å²) in [5.74, 6) is -0.0900. The van der Waals surface area contributed by atoms with Gasteiger partial charge in [0.05, 0.1) is 26.1 Å². The molecule has 3 aromatic rings. The highest BCUT2D eigenvalue weighted by atomic mass is 35.5. The molecule has 1 aliphatic heterocycles. The molecule has 0 atom stereocenters. The Hall–Kier alpha value is -1.93. The summed E-state index contributed by atoms with van der Waals surface area (Å²) in [6.45, 7) is 2.73. The lowest BCUT2D eigenvalue weighted by Gasteiger charge is -2.36. The molecular weight excluding hydrogens is 446 g/mol. The minimum Gasteiger partial charge on any atom is -0.358 e. The zero-order valence-corrected chi connectivity index (χ0v) is 18.6. The molecule has 0 saturated carbocycles. The van der Waals surface area contributed by atoms with Crippen LogP contribution in [0.1, 0.15) is 16.8 Å². The van der Waals surface area contributed by atoms with Crippen molar-refractivity contribution in [3.05, 3.63) is 58.0 Å². The summed E-state index contributed by atoms with van der Waals surface area (Å²) in [6.07, 6.45) is 2.60. The highest BCUT2D eigenvalue weighted by molar-refractivity contribution is 8.00. The summed E-state index contributed by atoms with van der Waals surface area (Å²) in [7, 11) is 2.08. The molecule has 30 heavy (non-hydrogen) atoms. The average Bonchev–Trinajstić information content (AvgIpc) is 3.09. The molecule has 4 rings (SSSR count). The van der Waals surface area contributed by atoms with Gasteiger partial charge in [0.1, 0.15) is 5.82 Å². The zero-order chi connectivity index (χ0) is 21.3. The second kappa shape index (κ2) is 9.06. The summed E-state index contributed by atoms with van der Waals surface area (Å²) in [5, 5.41) is 4.64. The summed E-state index contributed by atoms with van der Waals surface area (Å²) in [4.78, 5) is 18.0. The van der Waals surface area contributed by atoms with Crippen molar-refractivity contribution in [3.8, 4) is 0 Å². The molecule has 9 heteroatoms. The number of nitrogens with zero attached hydrogens (tertiary/aromatic N) is 1. The van der Waals surface area contributed by atoms with Crippen LogP contribution in [0.4, 0.5) is 10.1 Å². The van der Waals surface area contributed by atoms with Crippen LogP contribution in [0.5, 0.6) is 0 Å².